The monoisotopic (exact) mass is 447 g/mol. The van der Waals surface area contributed by atoms with Gasteiger partial charge in [-0.15, -0.1) is 0 Å². The van der Waals surface area contributed by atoms with Gasteiger partial charge in [-0.05, 0) is 86.9 Å². The Kier molecular flexibility index (Phi) is 6.36. The number of hydrogen-bond acceptors (Lipinski definition) is 6. The van der Waals surface area contributed by atoms with Crippen molar-refractivity contribution in [3.63, 3.8) is 0 Å². The molecule has 0 saturated heterocycles. The maximum atomic E-state index is 11.6. The van der Waals surface area contributed by atoms with Gasteiger partial charge in [0.1, 0.15) is 19.3 Å². The molecule has 32 heavy (non-hydrogen) atoms. The van der Waals surface area contributed by atoms with E-state index in [1.807, 2.05) is 0 Å². The van der Waals surface area contributed by atoms with Gasteiger partial charge in [-0.3, -0.25) is 9.59 Å². The summed E-state index contributed by atoms with van der Waals surface area (Å²) in [4.78, 5) is 28.6. The van der Waals surface area contributed by atoms with Gasteiger partial charge in [0.25, 0.3) is 0 Å². The molecule has 4 saturated carbocycles. The molecular formula is C26H41NO5. The molecule has 9 unspecified atom stereocenters. The van der Waals surface area contributed by atoms with E-state index in [4.69, 9.17) is 14.3 Å². The maximum absolute atomic E-state index is 11.6. The molecule has 0 aromatic heterocycles. The third kappa shape index (κ3) is 3.86. The molecule has 4 rings (SSSR count). The van der Waals surface area contributed by atoms with Crippen LogP contribution >= 0.6 is 0 Å². The van der Waals surface area contributed by atoms with E-state index >= 15 is 0 Å². The van der Waals surface area contributed by atoms with Crippen molar-refractivity contribution >= 4 is 17.7 Å². The molecule has 0 aliphatic heterocycles. The lowest BCUT2D eigenvalue weighted by atomic mass is 9.44. The van der Waals surface area contributed by atoms with Gasteiger partial charge < -0.3 is 14.3 Å². The molecule has 4 fully saturated rings. The van der Waals surface area contributed by atoms with Crippen LogP contribution in [0.1, 0.15) is 86.0 Å². The molecule has 0 aromatic carbocycles. The lowest BCUT2D eigenvalue weighted by Crippen LogP contribution is -2.57. The highest BCUT2D eigenvalue weighted by molar-refractivity contribution is 5.88. The number of hydrogen-bond donors (Lipinski definition) is 0. The zero-order valence-corrected chi connectivity index (χ0v) is 20.7. The molecule has 9 atom stereocenters. The Bertz CT molecular complexity index is 780. The molecule has 4 aliphatic rings. The predicted molar refractivity (Wildman–Crippen MR) is 122 cm³/mol. The number of nitrogens with zero attached hydrogens (tertiary/aromatic N) is 1. The molecule has 0 bridgehead atoms. The summed E-state index contributed by atoms with van der Waals surface area (Å²) < 4.78 is 11.3. The second kappa shape index (κ2) is 8.64. The lowest BCUT2D eigenvalue weighted by Gasteiger charge is -2.61. The number of carbonyl (C=O) groups excluding carboxylic acids is 2. The van der Waals surface area contributed by atoms with E-state index in [0.29, 0.717) is 29.6 Å². The molecule has 0 N–H and O–H groups in total. The summed E-state index contributed by atoms with van der Waals surface area (Å²) in [5.41, 5.74) is 1.53. The van der Waals surface area contributed by atoms with Crippen LogP contribution in [0.25, 0.3) is 0 Å². The van der Waals surface area contributed by atoms with Crippen molar-refractivity contribution in [2.24, 2.45) is 45.6 Å². The first-order chi connectivity index (χ1) is 15.1. The minimum atomic E-state index is -0.190. The summed E-state index contributed by atoms with van der Waals surface area (Å²) in [6.45, 7) is 10.0. The van der Waals surface area contributed by atoms with Crippen molar-refractivity contribution in [3.8, 4) is 0 Å². The van der Waals surface area contributed by atoms with Crippen molar-refractivity contribution < 1.29 is 23.9 Å². The van der Waals surface area contributed by atoms with Crippen LogP contribution in [0.2, 0.25) is 0 Å². The Morgan fingerprint density at radius 2 is 1.69 bits per heavy atom. The van der Waals surface area contributed by atoms with Gasteiger partial charge in [0.05, 0.1) is 5.71 Å². The Morgan fingerprint density at radius 3 is 2.34 bits per heavy atom. The first-order valence-electron chi connectivity index (χ1n) is 12.5. The summed E-state index contributed by atoms with van der Waals surface area (Å²) in [5, 5.41) is 4.56. The number of rotatable bonds is 4. The average molecular weight is 448 g/mol. The molecule has 0 heterocycles. The van der Waals surface area contributed by atoms with E-state index in [0.717, 1.165) is 37.8 Å². The fourth-order valence-electron chi connectivity index (χ4n) is 8.75. The average Bonchev–Trinajstić information content (AvgIpc) is 3.05. The lowest BCUT2D eigenvalue weighted by molar-refractivity contribution is -0.157. The maximum Gasteiger partial charge on any atom is 0.302 e. The molecular weight excluding hydrogens is 406 g/mol. The van der Waals surface area contributed by atoms with Gasteiger partial charge in [-0.1, -0.05) is 19.0 Å². The Labute approximate surface area is 192 Å². The standard InChI is InChI=1S/C26H41NO5/c1-15(31-16(2)28)20-7-8-21-19-14-24(27-30-6)23-13-18(32-17(3)29)9-11-26(23,5)22(19)10-12-25(20,21)4/h15,18-23H,7-14H2,1-6H3/b27-24+. The number of oxime groups is 1. The second-order valence-electron chi connectivity index (χ2n) is 11.5. The molecule has 0 amide bonds. The van der Waals surface area contributed by atoms with Gasteiger partial charge in [0.15, 0.2) is 0 Å². The Hall–Kier alpha value is -1.59. The van der Waals surface area contributed by atoms with Crippen molar-refractivity contribution in [2.75, 3.05) is 7.11 Å². The minimum absolute atomic E-state index is 0.0153. The van der Waals surface area contributed by atoms with Gasteiger partial charge in [0, 0.05) is 25.7 Å². The van der Waals surface area contributed by atoms with Crippen LogP contribution in [0.3, 0.4) is 0 Å². The third-order valence-electron chi connectivity index (χ3n) is 9.96. The number of ether oxygens (including phenoxy) is 2. The van der Waals surface area contributed by atoms with Gasteiger partial charge in [-0.2, -0.15) is 0 Å². The fourth-order valence-corrected chi connectivity index (χ4v) is 8.75. The summed E-state index contributed by atoms with van der Waals surface area (Å²) in [7, 11) is 1.64. The van der Waals surface area contributed by atoms with E-state index in [1.54, 1.807) is 7.11 Å². The highest BCUT2D eigenvalue weighted by atomic mass is 16.6. The highest BCUT2D eigenvalue weighted by Crippen LogP contribution is 2.67. The van der Waals surface area contributed by atoms with E-state index in [2.05, 4.69) is 25.9 Å². The van der Waals surface area contributed by atoms with Crippen LogP contribution in [0.5, 0.6) is 0 Å². The van der Waals surface area contributed by atoms with Crippen molar-refractivity contribution in [3.05, 3.63) is 0 Å². The third-order valence-corrected chi connectivity index (χ3v) is 9.96. The van der Waals surface area contributed by atoms with Gasteiger partial charge >= 0.3 is 11.9 Å². The van der Waals surface area contributed by atoms with Crippen LogP contribution in [-0.2, 0) is 23.9 Å². The zero-order chi connectivity index (χ0) is 23.3. The van der Waals surface area contributed by atoms with Crippen LogP contribution in [0.15, 0.2) is 5.16 Å². The number of esters is 2. The zero-order valence-electron chi connectivity index (χ0n) is 20.7. The topological polar surface area (TPSA) is 74.2 Å². The largest absolute Gasteiger partial charge is 0.463 e. The molecule has 0 radical (unpaired) electrons. The van der Waals surface area contributed by atoms with Crippen LogP contribution in [0, 0.1) is 40.4 Å². The number of carbonyl (C=O) groups is 2. The smallest absolute Gasteiger partial charge is 0.302 e. The predicted octanol–water partition coefficient (Wildman–Crippen LogP) is 5.14. The quantitative estimate of drug-likeness (QED) is 0.441. The summed E-state index contributed by atoms with van der Waals surface area (Å²) in [5.74, 6) is 2.23. The number of fused-ring (bicyclic) bond motifs is 5. The minimum Gasteiger partial charge on any atom is -0.463 e. The van der Waals surface area contributed by atoms with E-state index in [-0.39, 0.29) is 35.0 Å². The molecule has 180 valence electrons. The Balaban J connectivity index is 1.61. The van der Waals surface area contributed by atoms with Crippen LogP contribution < -0.4 is 0 Å². The van der Waals surface area contributed by atoms with Gasteiger partial charge in [0.2, 0.25) is 0 Å². The molecule has 0 aromatic rings. The van der Waals surface area contributed by atoms with E-state index < -0.39 is 0 Å². The summed E-state index contributed by atoms with van der Waals surface area (Å²) in [6, 6.07) is 0. The molecule has 6 heteroatoms. The highest BCUT2D eigenvalue weighted by Gasteiger charge is 2.62. The Morgan fingerprint density at radius 1 is 1.00 bits per heavy atom. The normalized spacial score (nSPS) is 45.2. The molecule has 0 spiro atoms. The van der Waals surface area contributed by atoms with Crippen molar-refractivity contribution in [2.45, 2.75) is 98.2 Å². The van der Waals surface area contributed by atoms with Crippen LogP contribution in [0.4, 0.5) is 0 Å². The van der Waals surface area contributed by atoms with E-state index in [1.165, 1.54) is 33.1 Å². The first-order valence-corrected chi connectivity index (χ1v) is 12.5. The van der Waals surface area contributed by atoms with Crippen molar-refractivity contribution in [1.29, 1.82) is 0 Å². The molecule has 4 aliphatic carbocycles. The second-order valence-corrected chi connectivity index (χ2v) is 11.5. The molecule has 6 nitrogen and oxygen atoms in total. The van der Waals surface area contributed by atoms with Crippen molar-refractivity contribution in [1.82, 2.24) is 0 Å². The van der Waals surface area contributed by atoms with E-state index in [9.17, 15) is 9.59 Å². The SMILES string of the molecule is CO/N=C1\CC2C(CCC3(C)C(C(C)OC(C)=O)CCC23)C2(C)CCC(OC(C)=O)CC12. The van der Waals surface area contributed by atoms with Crippen LogP contribution in [-0.4, -0.2) is 37.0 Å². The van der Waals surface area contributed by atoms with Gasteiger partial charge in [-0.25, -0.2) is 0 Å². The fraction of sp³-hybridized carbons (Fsp3) is 0.885. The first kappa shape index (κ1) is 23.6. The summed E-state index contributed by atoms with van der Waals surface area (Å²) in [6.07, 6.45) is 8.52. The summed E-state index contributed by atoms with van der Waals surface area (Å²) >= 11 is 0.